The number of nitrogens with zero attached hydrogens (tertiary/aromatic N) is 2. The summed E-state index contributed by atoms with van der Waals surface area (Å²) in [4.78, 5) is 4.25. The molecule has 4 heterocycles. The zero-order valence-corrected chi connectivity index (χ0v) is 68.3. The van der Waals surface area contributed by atoms with Crippen LogP contribution < -0.4 is 52.1 Å². The van der Waals surface area contributed by atoms with Crippen molar-refractivity contribution < 1.29 is 28.7 Å². The van der Waals surface area contributed by atoms with Gasteiger partial charge < -0.3 is 19.3 Å². The van der Waals surface area contributed by atoms with Gasteiger partial charge in [0, 0.05) is 56.5 Å². The van der Waals surface area contributed by atoms with E-state index in [4.69, 9.17) is 9.47 Å². The molecule has 0 spiro atoms. The largest absolute Gasteiger partial charge is 0.459 e. The van der Waals surface area contributed by atoms with Gasteiger partial charge >= 0.3 is 0 Å². The van der Waals surface area contributed by atoms with Gasteiger partial charge in [-0.05, 0) is 228 Å². The van der Waals surface area contributed by atoms with Crippen LogP contribution >= 0.6 is 0 Å². The number of fused-ring (bicyclic) bond motifs is 9. The first-order valence-electron chi connectivity index (χ1n) is 47.7. The number of hydrogen-bond donors (Lipinski definition) is 0. The van der Waals surface area contributed by atoms with Crippen molar-refractivity contribution in [3.8, 4) is 123 Å². The molecule has 4 nitrogen and oxygen atoms in total. The predicted octanol–water partition coefficient (Wildman–Crippen LogP) is 26.7. The van der Waals surface area contributed by atoms with Crippen LogP contribution in [0, 0.1) is 0 Å². The van der Waals surface area contributed by atoms with Gasteiger partial charge in [0.15, 0.2) is 0 Å². The standard InChI is InChI=1S/C112H94B2N2O2/c1-109(2,3)82-62-86(79-51-35-49-77(59-79)71-37-19-13-20-38-71)102(87(63-82)80-52-36-50-78(60-80)72-39-21-14-22-40-72)81-57-58-92-95(61-81)115(106-88(73-41-23-15-24-42-73)64-83(110(4,5)6)65-89(106)74-43-25-16-26-44-74)96-68-85(112(10,11)12)69-97-103(96)114(92)104-98(70-101-105-108(104)118-100-56-34-32-54-94(100)113(105)93-53-31-33-55-99(93)117-101)116(97)107-90(75-45-27-17-28-46-75)66-84(111(7,8)9)67-91(107)76-47-29-18-30-48-76/h13-70H,1-12H3/i31D,32D,33D,34D,53D,54D,55D,56D,57D,58D,61D,62D,63D,70D. The minimum atomic E-state index is -1.58. The zero-order chi connectivity index (χ0) is 92.9. The fourth-order valence-electron chi connectivity index (χ4n) is 17.6. The normalized spacial score (nSPS) is 14.8. The Morgan fingerprint density at radius 3 is 1.03 bits per heavy atom. The number of ether oxygens (including phenoxy) is 2. The summed E-state index contributed by atoms with van der Waals surface area (Å²) in [5.74, 6) is -1.07. The van der Waals surface area contributed by atoms with E-state index in [1.165, 1.54) is 0 Å². The summed E-state index contributed by atoms with van der Waals surface area (Å²) >= 11 is 0. The Hall–Kier alpha value is -13.2. The van der Waals surface area contributed by atoms with Gasteiger partial charge in [-0.3, -0.25) is 0 Å². The van der Waals surface area contributed by atoms with Crippen LogP contribution in [0.15, 0.2) is 352 Å². The molecule has 0 aromatic heterocycles. The Balaban J connectivity index is 1.06. The van der Waals surface area contributed by atoms with E-state index in [0.717, 1.165) is 83.5 Å². The van der Waals surface area contributed by atoms with E-state index < -0.39 is 95.5 Å². The zero-order valence-electron chi connectivity index (χ0n) is 82.3. The molecule has 16 aromatic carbocycles. The van der Waals surface area contributed by atoms with Gasteiger partial charge in [-0.2, -0.15) is 0 Å². The van der Waals surface area contributed by atoms with Crippen LogP contribution in [0.3, 0.4) is 0 Å². The van der Waals surface area contributed by atoms with Crippen molar-refractivity contribution in [1.82, 2.24) is 0 Å². The summed E-state index contributed by atoms with van der Waals surface area (Å²) in [6, 6.07) is 83.1. The van der Waals surface area contributed by atoms with Crippen molar-refractivity contribution in [1.29, 1.82) is 0 Å². The number of rotatable bonds is 11. The van der Waals surface area contributed by atoms with E-state index in [1.54, 1.807) is 0 Å². The van der Waals surface area contributed by atoms with E-state index in [2.05, 4.69) is 157 Å². The van der Waals surface area contributed by atoms with Gasteiger partial charge in [0.1, 0.15) is 23.0 Å². The third-order valence-corrected chi connectivity index (χ3v) is 23.7. The van der Waals surface area contributed by atoms with Crippen LogP contribution in [0.1, 0.15) is 125 Å². The molecule has 570 valence electrons. The summed E-state index contributed by atoms with van der Waals surface area (Å²) in [6.45, 7) is 22.5. The Labute approximate surface area is 716 Å². The summed E-state index contributed by atoms with van der Waals surface area (Å²) in [5, 5.41) is 0. The highest BCUT2D eigenvalue weighted by atomic mass is 16.5. The number of anilines is 6. The quantitative estimate of drug-likeness (QED) is 0.121. The Morgan fingerprint density at radius 2 is 0.619 bits per heavy atom. The van der Waals surface area contributed by atoms with E-state index in [9.17, 15) is 19.2 Å². The van der Waals surface area contributed by atoms with E-state index in [0.29, 0.717) is 56.0 Å². The molecule has 0 unspecified atom stereocenters. The maximum atomic E-state index is 12.6. The number of para-hydroxylation sites is 2. The molecule has 0 aliphatic carbocycles. The monoisotopic (exact) mass is 1530 g/mol. The molecule has 20 rings (SSSR count). The summed E-state index contributed by atoms with van der Waals surface area (Å²) < 4.78 is 164. The lowest BCUT2D eigenvalue weighted by atomic mass is 9.30. The third kappa shape index (κ3) is 12.7. The molecule has 0 atom stereocenters. The first-order valence-corrected chi connectivity index (χ1v) is 40.7. The first kappa shape index (κ1) is 59.5. The molecule has 16 aromatic rings. The second kappa shape index (κ2) is 28.3. The molecule has 0 amide bonds. The van der Waals surface area contributed by atoms with E-state index in [1.807, 2.05) is 203 Å². The van der Waals surface area contributed by atoms with Crippen molar-refractivity contribution in [2.24, 2.45) is 0 Å². The Kier molecular flexibility index (Phi) is 14.3. The second-order valence-electron chi connectivity index (χ2n) is 35.6. The number of benzene rings is 16. The number of hydrogen-bond acceptors (Lipinski definition) is 4. The maximum Gasteiger partial charge on any atom is 0.260 e. The van der Waals surface area contributed by atoms with Gasteiger partial charge in [0.25, 0.3) is 13.4 Å². The van der Waals surface area contributed by atoms with Gasteiger partial charge in [0.2, 0.25) is 0 Å². The molecule has 4 aliphatic rings. The molecule has 0 radical (unpaired) electrons. The van der Waals surface area contributed by atoms with Crippen molar-refractivity contribution >= 4 is 80.3 Å². The minimum absolute atomic E-state index is 0.00850. The second-order valence-corrected chi connectivity index (χ2v) is 35.6. The van der Waals surface area contributed by atoms with Crippen molar-refractivity contribution in [2.45, 2.75) is 105 Å². The van der Waals surface area contributed by atoms with E-state index >= 15 is 0 Å². The van der Waals surface area contributed by atoms with Crippen LogP contribution in [0.25, 0.3) is 100 Å². The minimum Gasteiger partial charge on any atom is -0.459 e. The predicted molar refractivity (Wildman–Crippen MR) is 502 cm³/mol. The average molecular weight is 1540 g/mol. The molecule has 0 saturated heterocycles. The molecule has 118 heavy (non-hydrogen) atoms. The SMILES string of the molecule is [2H]c1c([2H])c([2H])c2c(c1[2H])Oc1c([2H])c3c(c4c1B2c1c([2H])c([2H])c([2H])c([2H])c1O4)B1c2c(cc(C(C)(C)C)cc2N3c2c(-c3ccccc3)cc(C(C)(C)C)cc2-c2ccccc2)N(c2c(-c3ccccc3)cc(C(C)(C)C)cc2-c2ccccc2)c2c([2H])c(-c3c(-c4cccc(-c5ccccc5)c4)c([2H])c(C(C)(C)C)c([2H])c3-c3cccc(-c4ccccc4)c3)c([2H])c([2H])c21. The van der Waals surface area contributed by atoms with Gasteiger partial charge in [-0.15, -0.1) is 0 Å². The average Bonchev–Trinajstić information content (AvgIpc) is 0.661. The van der Waals surface area contributed by atoms with Crippen molar-refractivity contribution in [2.75, 3.05) is 9.80 Å². The van der Waals surface area contributed by atoms with Crippen LogP contribution in [0.5, 0.6) is 23.0 Å². The Morgan fingerprint density at radius 1 is 0.254 bits per heavy atom. The highest BCUT2D eigenvalue weighted by molar-refractivity contribution is 7.03. The van der Waals surface area contributed by atoms with Gasteiger partial charge in [-0.1, -0.05) is 350 Å². The molecule has 4 aliphatic heterocycles. The maximum absolute atomic E-state index is 12.6. The van der Waals surface area contributed by atoms with Gasteiger partial charge in [-0.25, -0.2) is 0 Å². The van der Waals surface area contributed by atoms with Crippen LogP contribution in [-0.4, -0.2) is 13.4 Å². The molecular formula is C112H94B2N2O2. The lowest BCUT2D eigenvalue weighted by Gasteiger charge is -2.48. The lowest BCUT2D eigenvalue weighted by Crippen LogP contribution is -2.65. The highest BCUT2D eigenvalue weighted by Gasteiger charge is 2.52. The smallest absolute Gasteiger partial charge is 0.260 e. The Bertz CT molecular complexity index is 7290. The van der Waals surface area contributed by atoms with Crippen LogP contribution in [-0.2, 0) is 21.7 Å². The van der Waals surface area contributed by atoms with Crippen molar-refractivity contribution in [3.63, 3.8) is 0 Å². The van der Waals surface area contributed by atoms with Crippen LogP contribution in [0.4, 0.5) is 34.1 Å². The lowest BCUT2D eigenvalue weighted by molar-refractivity contribution is 0.467. The third-order valence-electron chi connectivity index (χ3n) is 23.7. The molecule has 6 heteroatoms. The molecular weight excluding hydrogens is 1430 g/mol. The highest BCUT2D eigenvalue weighted by Crippen LogP contribution is 2.58. The van der Waals surface area contributed by atoms with Crippen molar-refractivity contribution in [3.05, 3.63) is 374 Å². The topological polar surface area (TPSA) is 24.9 Å². The fourth-order valence-corrected chi connectivity index (χ4v) is 17.6. The first-order chi connectivity index (χ1) is 62.9. The molecule has 0 N–H and O–H groups in total. The molecule has 0 saturated carbocycles. The fraction of sp³-hybridized carbons (Fsp3) is 0.143. The summed E-state index contributed by atoms with van der Waals surface area (Å²) in [6.07, 6.45) is 0. The molecule has 0 bridgehead atoms. The molecule has 0 fully saturated rings. The summed E-state index contributed by atoms with van der Waals surface area (Å²) in [5.41, 5.74) is 14.5. The summed E-state index contributed by atoms with van der Waals surface area (Å²) in [7, 11) is 0. The van der Waals surface area contributed by atoms with E-state index in [-0.39, 0.29) is 97.0 Å². The van der Waals surface area contributed by atoms with Gasteiger partial charge in [0.05, 0.1) is 30.6 Å². The van der Waals surface area contributed by atoms with Crippen LogP contribution in [0.2, 0.25) is 0 Å².